The number of nitrogens with zero attached hydrogens (tertiary/aromatic N) is 1. The van der Waals surface area contributed by atoms with Crippen LogP contribution in [0.15, 0.2) is 41.8 Å². The molecular weight excluding hydrogens is 474 g/mol. The van der Waals surface area contributed by atoms with E-state index < -0.39 is 5.97 Å². The lowest BCUT2D eigenvalue weighted by Gasteiger charge is -2.41. The smallest absolute Gasteiger partial charge is 0.317 e. The van der Waals surface area contributed by atoms with Gasteiger partial charge in [0.05, 0.1) is 6.42 Å². The second kappa shape index (κ2) is 12.9. The van der Waals surface area contributed by atoms with Crippen LogP contribution in [0.1, 0.15) is 73.7 Å². The molecule has 1 aromatic carbocycles. The van der Waals surface area contributed by atoms with Crippen LogP contribution in [0.25, 0.3) is 0 Å². The Morgan fingerprint density at radius 3 is 2.28 bits per heavy atom. The number of urea groups is 1. The maximum absolute atomic E-state index is 13.3. The molecule has 8 heteroatoms. The van der Waals surface area contributed by atoms with Gasteiger partial charge in [-0.2, -0.15) is 0 Å². The molecule has 1 aromatic heterocycles. The van der Waals surface area contributed by atoms with Gasteiger partial charge < -0.3 is 20.6 Å². The van der Waals surface area contributed by atoms with Crippen molar-refractivity contribution in [1.82, 2.24) is 15.5 Å². The third-order valence-electron chi connectivity index (χ3n) is 7.04. The molecule has 7 nitrogen and oxygen atoms in total. The predicted molar refractivity (Wildman–Crippen MR) is 143 cm³/mol. The number of thiophene rings is 1. The van der Waals surface area contributed by atoms with E-state index in [2.05, 4.69) is 37.5 Å². The second-order valence-electron chi connectivity index (χ2n) is 10.7. The number of carboxylic acid groups (broad SMARTS) is 1. The number of carbonyl (C=O) groups is 3. The molecular formula is C28H39N3O4S. The lowest BCUT2D eigenvalue weighted by molar-refractivity contribution is -0.136. The standard InChI is InChI=1S/C28H39N3O4S/c1-28(2,3)22-10-12-23(13-11-22)31(27(35)30-16-14-24-5-4-18-36-24)19-20-6-8-21(9-7-20)26(34)29-17-15-25(32)33/h4-9,18,22-23H,10-17,19H2,1-3H3,(H,29,34)(H,30,35)(H,32,33). The molecule has 1 aliphatic rings. The van der Waals surface area contributed by atoms with Crippen molar-refractivity contribution in [2.75, 3.05) is 13.1 Å². The van der Waals surface area contributed by atoms with Gasteiger partial charge in [0.25, 0.3) is 5.91 Å². The highest BCUT2D eigenvalue weighted by Gasteiger charge is 2.33. The summed E-state index contributed by atoms with van der Waals surface area (Å²) < 4.78 is 0. The summed E-state index contributed by atoms with van der Waals surface area (Å²) in [7, 11) is 0. The van der Waals surface area contributed by atoms with Crippen LogP contribution >= 0.6 is 11.3 Å². The highest BCUT2D eigenvalue weighted by Crippen LogP contribution is 2.39. The molecule has 3 rings (SSSR count). The monoisotopic (exact) mass is 513 g/mol. The third-order valence-corrected chi connectivity index (χ3v) is 7.98. The Labute approximate surface area is 218 Å². The lowest BCUT2D eigenvalue weighted by atomic mass is 9.71. The van der Waals surface area contributed by atoms with Crippen molar-refractivity contribution in [1.29, 1.82) is 0 Å². The minimum atomic E-state index is -0.948. The van der Waals surface area contributed by atoms with Crippen LogP contribution in [0, 0.1) is 11.3 Å². The van der Waals surface area contributed by atoms with E-state index >= 15 is 0 Å². The van der Waals surface area contributed by atoms with E-state index in [0.29, 0.717) is 24.6 Å². The number of hydrogen-bond acceptors (Lipinski definition) is 4. The van der Waals surface area contributed by atoms with Crippen LogP contribution in [0.3, 0.4) is 0 Å². The largest absolute Gasteiger partial charge is 0.481 e. The van der Waals surface area contributed by atoms with Gasteiger partial charge >= 0.3 is 12.0 Å². The highest BCUT2D eigenvalue weighted by molar-refractivity contribution is 7.09. The number of nitrogens with one attached hydrogen (secondary N) is 2. The van der Waals surface area contributed by atoms with E-state index in [9.17, 15) is 14.4 Å². The first kappa shape index (κ1) is 27.7. The molecule has 0 unspecified atom stereocenters. The molecule has 3 N–H and O–H groups in total. The maximum Gasteiger partial charge on any atom is 0.317 e. The molecule has 3 amide bonds. The van der Waals surface area contributed by atoms with Crippen LogP contribution in [0.5, 0.6) is 0 Å². The van der Waals surface area contributed by atoms with Crippen LogP contribution in [0.2, 0.25) is 0 Å². The number of rotatable bonds is 10. The first-order valence-electron chi connectivity index (χ1n) is 12.8. The second-order valence-corrected chi connectivity index (χ2v) is 11.7. The van der Waals surface area contributed by atoms with Crippen molar-refractivity contribution in [2.24, 2.45) is 11.3 Å². The molecule has 196 valence electrons. The Hall–Kier alpha value is -2.87. The molecule has 0 aliphatic heterocycles. The Morgan fingerprint density at radius 2 is 1.69 bits per heavy atom. The fraction of sp³-hybridized carbons (Fsp3) is 0.536. The maximum atomic E-state index is 13.3. The molecule has 0 spiro atoms. The fourth-order valence-electron chi connectivity index (χ4n) is 4.81. The Balaban J connectivity index is 1.63. The average Bonchev–Trinajstić information content (AvgIpc) is 3.35. The van der Waals surface area contributed by atoms with Gasteiger partial charge in [0.15, 0.2) is 0 Å². The minimum Gasteiger partial charge on any atom is -0.481 e. The summed E-state index contributed by atoms with van der Waals surface area (Å²) in [5, 5.41) is 16.5. The van der Waals surface area contributed by atoms with E-state index in [4.69, 9.17) is 5.11 Å². The topological polar surface area (TPSA) is 98.7 Å². The minimum absolute atomic E-state index is 0.0405. The molecule has 36 heavy (non-hydrogen) atoms. The average molecular weight is 514 g/mol. The van der Waals surface area contributed by atoms with E-state index in [0.717, 1.165) is 37.7 Å². The summed E-state index contributed by atoms with van der Waals surface area (Å²) in [6.45, 7) is 8.07. The molecule has 0 atom stereocenters. The van der Waals surface area contributed by atoms with Crippen molar-refractivity contribution < 1.29 is 19.5 Å². The van der Waals surface area contributed by atoms with Gasteiger partial charge in [-0.3, -0.25) is 9.59 Å². The van der Waals surface area contributed by atoms with Crippen molar-refractivity contribution in [3.8, 4) is 0 Å². The number of aliphatic carboxylic acids is 1. The first-order valence-corrected chi connectivity index (χ1v) is 13.7. The molecule has 1 fully saturated rings. The summed E-state index contributed by atoms with van der Waals surface area (Å²) in [6, 6.07) is 11.5. The molecule has 0 bridgehead atoms. The molecule has 0 saturated heterocycles. The van der Waals surface area contributed by atoms with Crippen molar-refractivity contribution in [3.05, 3.63) is 57.8 Å². The van der Waals surface area contributed by atoms with E-state index in [1.165, 1.54) is 4.88 Å². The van der Waals surface area contributed by atoms with Crippen LogP contribution in [0.4, 0.5) is 4.79 Å². The zero-order valence-electron chi connectivity index (χ0n) is 21.6. The summed E-state index contributed by atoms with van der Waals surface area (Å²) in [5.74, 6) is -0.584. The normalized spacial score (nSPS) is 17.9. The molecule has 0 radical (unpaired) electrons. The van der Waals surface area contributed by atoms with Gasteiger partial charge in [-0.1, -0.05) is 39.0 Å². The van der Waals surface area contributed by atoms with E-state index in [-0.39, 0.29) is 36.4 Å². The van der Waals surface area contributed by atoms with Gasteiger partial charge in [0.1, 0.15) is 0 Å². The van der Waals surface area contributed by atoms with Gasteiger partial charge in [-0.05, 0) is 72.6 Å². The molecule has 1 heterocycles. The highest BCUT2D eigenvalue weighted by atomic mass is 32.1. The van der Waals surface area contributed by atoms with Gasteiger partial charge in [-0.25, -0.2) is 4.79 Å². The predicted octanol–water partition coefficient (Wildman–Crippen LogP) is 5.31. The number of carbonyl (C=O) groups excluding carboxylic acids is 2. The first-order chi connectivity index (χ1) is 17.1. The zero-order valence-corrected chi connectivity index (χ0v) is 22.4. The van der Waals surface area contributed by atoms with Crippen molar-refractivity contribution in [3.63, 3.8) is 0 Å². The number of carboxylic acids is 1. The van der Waals surface area contributed by atoms with Crippen LogP contribution in [-0.4, -0.2) is 47.0 Å². The summed E-state index contributed by atoms with van der Waals surface area (Å²) in [4.78, 5) is 39.4. The molecule has 1 aliphatic carbocycles. The SMILES string of the molecule is CC(C)(C)C1CCC(N(Cc2ccc(C(=O)NCCC(=O)O)cc2)C(=O)NCCc2cccs2)CC1. The van der Waals surface area contributed by atoms with Crippen LogP contribution in [-0.2, 0) is 17.8 Å². The summed E-state index contributed by atoms with van der Waals surface area (Å²) >= 11 is 1.70. The summed E-state index contributed by atoms with van der Waals surface area (Å²) in [6.07, 6.45) is 4.91. The summed E-state index contributed by atoms with van der Waals surface area (Å²) in [5.41, 5.74) is 1.71. The van der Waals surface area contributed by atoms with Gasteiger partial charge in [0, 0.05) is 36.1 Å². The van der Waals surface area contributed by atoms with Crippen molar-refractivity contribution >= 4 is 29.2 Å². The Kier molecular flexibility index (Phi) is 9.93. The number of amides is 3. The Morgan fingerprint density at radius 1 is 1.00 bits per heavy atom. The molecule has 1 saturated carbocycles. The lowest BCUT2D eigenvalue weighted by Crippen LogP contribution is -2.48. The Bertz CT molecular complexity index is 991. The van der Waals surface area contributed by atoms with Gasteiger partial charge in [-0.15, -0.1) is 11.3 Å². The number of hydrogen-bond donors (Lipinski definition) is 3. The van der Waals surface area contributed by atoms with E-state index in [1.807, 2.05) is 28.5 Å². The van der Waals surface area contributed by atoms with Crippen LogP contribution < -0.4 is 10.6 Å². The quantitative estimate of drug-likeness (QED) is 0.401. The third kappa shape index (κ3) is 8.36. The van der Waals surface area contributed by atoms with E-state index in [1.54, 1.807) is 23.5 Å². The van der Waals surface area contributed by atoms with Crippen molar-refractivity contribution in [2.45, 2.75) is 71.9 Å². The zero-order chi connectivity index (χ0) is 26.1. The fourth-order valence-corrected chi connectivity index (χ4v) is 5.52. The molecule has 2 aromatic rings. The number of benzene rings is 1. The van der Waals surface area contributed by atoms with Gasteiger partial charge in [0.2, 0.25) is 0 Å².